The van der Waals surface area contributed by atoms with Crippen LogP contribution in [-0.4, -0.2) is 30.2 Å². The van der Waals surface area contributed by atoms with Crippen molar-refractivity contribution >= 4 is 28.5 Å². The van der Waals surface area contributed by atoms with Crippen molar-refractivity contribution in [3.8, 4) is 0 Å². The van der Waals surface area contributed by atoms with Crippen molar-refractivity contribution in [1.29, 1.82) is 0 Å². The van der Waals surface area contributed by atoms with Crippen molar-refractivity contribution in [2.45, 2.75) is 33.1 Å². The fourth-order valence-corrected chi connectivity index (χ4v) is 3.06. The first kappa shape index (κ1) is 18.8. The number of aromatic amines is 1. The van der Waals surface area contributed by atoms with Gasteiger partial charge in [0, 0.05) is 36.7 Å². The van der Waals surface area contributed by atoms with Gasteiger partial charge in [0.25, 0.3) is 5.56 Å². The van der Waals surface area contributed by atoms with Gasteiger partial charge in [-0.3, -0.25) is 23.3 Å². The van der Waals surface area contributed by atoms with Gasteiger partial charge in [0.05, 0.1) is 0 Å². The van der Waals surface area contributed by atoms with E-state index in [1.807, 2.05) is 0 Å². The van der Waals surface area contributed by atoms with Gasteiger partial charge >= 0.3 is 0 Å². The molecule has 0 saturated carbocycles. The van der Waals surface area contributed by atoms with Gasteiger partial charge in [-0.2, -0.15) is 0 Å². The van der Waals surface area contributed by atoms with E-state index < -0.39 is 22.4 Å². The molecule has 0 radical (unpaired) electrons. The van der Waals surface area contributed by atoms with Crippen LogP contribution in [0.4, 0.5) is 5.69 Å². The Hall–Kier alpha value is -2.52. The number of benzene rings is 1. The largest absolute Gasteiger partial charge is 0.772 e. The predicted octanol–water partition coefficient (Wildman–Crippen LogP) is 1.07. The molecule has 0 fully saturated rings. The first-order valence-electron chi connectivity index (χ1n) is 7.55. The summed E-state index contributed by atoms with van der Waals surface area (Å²) in [7, 11) is 0. The minimum absolute atomic E-state index is 0.0149. The second-order valence-electron chi connectivity index (χ2n) is 5.47. The Morgan fingerprint density at radius 3 is 2.52 bits per heavy atom. The average molecular weight is 364 g/mol. The van der Waals surface area contributed by atoms with Crippen LogP contribution in [-0.2, 0) is 28.2 Å². The summed E-state index contributed by atoms with van der Waals surface area (Å²) >= 11 is -2.35. The first-order valence-corrected chi connectivity index (χ1v) is 8.79. The topological polar surface area (TPSA) is 124 Å². The van der Waals surface area contributed by atoms with Gasteiger partial charge in [0.15, 0.2) is 0 Å². The third-order valence-corrected chi connectivity index (χ3v) is 4.32. The predicted molar refractivity (Wildman–Crippen MR) is 92.3 cm³/mol. The number of ketones is 1. The maximum atomic E-state index is 12.7. The van der Waals surface area contributed by atoms with Crippen LogP contribution in [0.2, 0.25) is 0 Å². The standard InChI is InChI=1S/C16H19N3O5S/c1-4-19-16(22)13(7-17-19)15(21)12-6-5-11(8-25(23)24)14(9(12)2)18-10(3)20/h5-7,17H,4,8H2,1-3H3,(H,18,20)(H,23,24)/p-1. The van der Waals surface area contributed by atoms with E-state index in [0.29, 0.717) is 17.7 Å². The van der Waals surface area contributed by atoms with E-state index in [1.54, 1.807) is 13.8 Å². The molecule has 0 spiro atoms. The minimum atomic E-state index is -2.35. The Bertz CT molecular complexity index is 913. The van der Waals surface area contributed by atoms with E-state index >= 15 is 0 Å². The Morgan fingerprint density at radius 2 is 2.00 bits per heavy atom. The molecule has 134 valence electrons. The maximum Gasteiger partial charge on any atom is 0.277 e. The maximum absolute atomic E-state index is 12.7. The summed E-state index contributed by atoms with van der Waals surface area (Å²) < 4.78 is 23.3. The molecule has 0 aliphatic carbocycles. The summed E-state index contributed by atoms with van der Waals surface area (Å²) in [5.41, 5.74) is 0.832. The fourth-order valence-electron chi connectivity index (χ4n) is 2.56. The Labute approximate surface area is 146 Å². The third-order valence-electron chi connectivity index (χ3n) is 3.77. The summed E-state index contributed by atoms with van der Waals surface area (Å²) in [4.78, 5) is 36.3. The molecule has 1 aromatic heterocycles. The zero-order chi connectivity index (χ0) is 18.7. The molecular weight excluding hydrogens is 346 g/mol. The van der Waals surface area contributed by atoms with Crippen molar-refractivity contribution in [2.24, 2.45) is 0 Å². The molecule has 1 atom stereocenters. The van der Waals surface area contributed by atoms with Gasteiger partial charge < -0.3 is 15.0 Å². The minimum Gasteiger partial charge on any atom is -0.772 e. The number of H-pyrrole nitrogens is 1. The molecule has 2 rings (SSSR count). The number of hydrogen-bond donors (Lipinski definition) is 2. The number of carbonyl (C=O) groups is 2. The summed E-state index contributed by atoms with van der Waals surface area (Å²) in [6.07, 6.45) is 1.34. The number of aryl methyl sites for hydroxylation is 1. The molecule has 25 heavy (non-hydrogen) atoms. The number of nitrogens with one attached hydrogen (secondary N) is 2. The van der Waals surface area contributed by atoms with Crippen LogP contribution in [0, 0.1) is 6.92 Å². The summed E-state index contributed by atoms with van der Waals surface area (Å²) in [6.45, 7) is 5.05. The molecule has 1 amide bonds. The molecule has 1 unspecified atom stereocenters. The van der Waals surface area contributed by atoms with E-state index in [0.717, 1.165) is 0 Å². The van der Waals surface area contributed by atoms with Crippen LogP contribution in [0.15, 0.2) is 23.1 Å². The summed E-state index contributed by atoms with van der Waals surface area (Å²) in [6, 6.07) is 2.93. The average Bonchev–Trinajstić information content (AvgIpc) is 2.90. The molecule has 2 N–H and O–H groups in total. The number of nitrogens with zero attached hydrogens (tertiary/aromatic N) is 1. The summed E-state index contributed by atoms with van der Waals surface area (Å²) in [5, 5.41) is 5.28. The second-order valence-corrected chi connectivity index (χ2v) is 6.36. The van der Waals surface area contributed by atoms with Crippen molar-refractivity contribution in [3.05, 3.63) is 50.9 Å². The molecule has 1 aromatic carbocycles. The van der Waals surface area contributed by atoms with Crippen LogP contribution in [0.25, 0.3) is 0 Å². The van der Waals surface area contributed by atoms with E-state index in [4.69, 9.17) is 0 Å². The van der Waals surface area contributed by atoms with Gasteiger partial charge in [0.1, 0.15) is 5.56 Å². The zero-order valence-electron chi connectivity index (χ0n) is 14.0. The molecule has 8 nitrogen and oxygen atoms in total. The number of aromatic nitrogens is 2. The van der Waals surface area contributed by atoms with Crippen molar-refractivity contribution in [3.63, 3.8) is 0 Å². The summed E-state index contributed by atoms with van der Waals surface area (Å²) in [5.74, 6) is -1.18. The number of amides is 1. The number of anilines is 1. The molecule has 9 heteroatoms. The smallest absolute Gasteiger partial charge is 0.277 e. The lowest BCUT2D eigenvalue weighted by atomic mass is 9.97. The lowest BCUT2D eigenvalue weighted by Crippen LogP contribution is -2.22. The quantitative estimate of drug-likeness (QED) is 0.586. The first-order chi connectivity index (χ1) is 11.8. The highest BCUT2D eigenvalue weighted by Crippen LogP contribution is 2.26. The van der Waals surface area contributed by atoms with Crippen molar-refractivity contribution in [2.75, 3.05) is 5.32 Å². The highest BCUT2D eigenvalue weighted by Gasteiger charge is 2.21. The SMILES string of the molecule is CCn1[nH]cc(C(=O)c2ccc(CS(=O)[O-])c(NC(C)=O)c2C)c1=O. The van der Waals surface area contributed by atoms with Crippen LogP contribution in [0.1, 0.15) is 40.9 Å². The molecule has 0 bridgehead atoms. The fraction of sp³-hybridized carbons (Fsp3) is 0.312. The van der Waals surface area contributed by atoms with Crippen LogP contribution >= 0.6 is 0 Å². The lowest BCUT2D eigenvalue weighted by Gasteiger charge is -2.16. The molecule has 0 aliphatic heterocycles. The monoisotopic (exact) mass is 364 g/mol. The number of carbonyl (C=O) groups excluding carboxylic acids is 2. The number of rotatable bonds is 6. The van der Waals surface area contributed by atoms with Crippen LogP contribution in [0.3, 0.4) is 0 Å². The van der Waals surface area contributed by atoms with Gasteiger partial charge in [-0.15, -0.1) is 0 Å². The van der Waals surface area contributed by atoms with E-state index in [-0.39, 0.29) is 28.5 Å². The Morgan fingerprint density at radius 1 is 1.32 bits per heavy atom. The van der Waals surface area contributed by atoms with E-state index in [2.05, 4.69) is 10.4 Å². The molecule has 1 heterocycles. The third kappa shape index (κ3) is 3.94. The van der Waals surface area contributed by atoms with Crippen LogP contribution in [0.5, 0.6) is 0 Å². The lowest BCUT2D eigenvalue weighted by molar-refractivity contribution is -0.114. The molecular formula is C16H18N3O5S-. The van der Waals surface area contributed by atoms with Gasteiger partial charge in [-0.05, 0) is 25.0 Å². The van der Waals surface area contributed by atoms with Gasteiger partial charge in [0.2, 0.25) is 11.7 Å². The Balaban J connectivity index is 2.56. The van der Waals surface area contributed by atoms with Gasteiger partial charge in [-0.25, -0.2) is 0 Å². The van der Waals surface area contributed by atoms with Gasteiger partial charge in [-0.1, -0.05) is 23.2 Å². The van der Waals surface area contributed by atoms with E-state index in [1.165, 1.54) is 29.9 Å². The normalized spacial score (nSPS) is 12.0. The Kier molecular flexibility index (Phi) is 5.70. The van der Waals surface area contributed by atoms with Crippen molar-refractivity contribution in [1.82, 2.24) is 9.78 Å². The van der Waals surface area contributed by atoms with Crippen LogP contribution < -0.4 is 10.9 Å². The zero-order valence-corrected chi connectivity index (χ0v) is 14.9. The highest BCUT2D eigenvalue weighted by atomic mass is 32.2. The second kappa shape index (κ2) is 7.58. The molecule has 2 aromatic rings. The highest BCUT2D eigenvalue weighted by molar-refractivity contribution is 7.78. The van der Waals surface area contributed by atoms with E-state index in [9.17, 15) is 23.1 Å². The molecule has 0 saturated heterocycles. The molecule has 0 aliphatic rings. The number of hydrogen-bond acceptors (Lipinski definition) is 5. The van der Waals surface area contributed by atoms with Crippen molar-refractivity contribution < 1.29 is 18.4 Å².